The highest BCUT2D eigenvalue weighted by Crippen LogP contribution is 2.41. The normalized spacial score (nSPS) is 15.7. The van der Waals surface area contributed by atoms with E-state index >= 15 is 0 Å². The summed E-state index contributed by atoms with van der Waals surface area (Å²) in [7, 11) is -4.07. The molecule has 1 aliphatic heterocycles. The van der Waals surface area contributed by atoms with Crippen molar-refractivity contribution in [2.75, 3.05) is 10.8 Å². The van der Waals surface area contributed by atoms with Crippen LogP contribution in [0.5, 0.6) is 11.5 Å². The zero-order valence-electron chi connectivity index (χ0n) is 19.0. The van der Waals surface area contributed by atoms with Crippen LogP contribution in [0.2, 0.25) is 0 Å². The quantitative estimate of drug-likeness (QED) is 0.449. The van der Waals surface area contributed by atoms with Crippen molar-refractivity contribution in [1.29, 1.82) is 0 Å². The summed E-state index contributed by atoms with van der Waals surface area (Å²) >= 11 is 0. The van der Waals surface area contributed by atoms with Crippen LogP contribution in [-0.4, -0.2) is 38.5 Å². The lowest BCUT2D eigenvalue weighted by Gasteiger charge is -2.35. The van der Waals surface area contributed by atoms with E-state index in [1.165, 1.54) is 42.5 Å². The van der Waals surface area contributed by atoms with Crippen molar-refractivity contribution in [3.63, 3.8) is 0 Å². The first-order valence-electron chi connectivity index (χ1n) is 10.9. The average molecular weight is 522 g/mol. The number of ether oxygens (including phenoxy) is 2. The summed E-state index contributed by atoms with van der Waals surface area (Å²) in [4.78, 5) is 11.1. The lowest BCUT2D eigenvalue weighted by Crippen LogP contribution is -2.43. The summed E-state index contributed by atoms with van der Waals surface area (Å²) < 4.78 is 76.4. The Balaban J connectivity index is 1.77. The summed E-state index contributed by atoms with van der Waals surface area (Å²) in [5.41, 5.74) is 1.75. The van der Waals surface area contributed by atoms with Crippen LogP contribution in [0.15, 0.2) is 71.6 Å². The number of alkyl halides is 3. The van der Waals surface area contributed by atoms with Gasteiger partial charge < -0.3 is 14.6 Å². The maximum absolute atomic E-state index is 13.7. The smallest absolute Gasteiger partial charge is 0.486 e. The lowest BCUT2D eigenvalue weighted by molar-refractivity contribution is -0.274. The summed E-state index contributed by atoms with van der Waals surface area (Å²) in [5, 5.41) is 9.06. The van der Waals surface area contributed by atoms with Crippen molar-refractivity contribution in [3.05, 3.63) is 72.3 Å². The first kappa shape index (κ1) is 25.4. The molecule has 0 aliphatic carbocycles. The Hall–Kier alpha value is -3.73. The number of sulfonamides is 1. The van der Waals surface area contributed by atoms with Gasteiger partial charge in [0.05, 0.1) is 17.1 Å². The zero-order valence-corrected chi connectivity index (χ0v) is 19.8. The number of carboxylic acids is 1. The molecule has 0 spiro atoms. The van der Waals surface area contributed by atoms with Crippen molar-refractivity contribution < 1.29 is 41.0 Å². The van der Waals surface area contributed by atoms with Crippen molar-refractivity contribution in [2.45, 2.75) is 37.1 Å². The van der Waals surface area contributed by atoms with Crippen LogP contribution in [0.4, 0.5) is 18.9 Å². The van der Waals surface area contributed by atoms with E-state index in [1.54, 1.807) is 31.2 Å². The first-order chi connectivity index (χ1) is 16.9. The third-order valence-corrected chi connectivity index (χ3v) is 7.33. The molecular weight excluding hydrogens is 499 g/mol. The van der Waals surface area contributed by atoms with E-state index in [0.717, 1.165) is 9.87 Å². The Kier molecular flexibility index (Phi) is 6.85. The van der Waals surface area contributed by atoms with Gasteiger partial charge in [0.25, 0.3) is 10.0 Å². The number of hydrogen-bond donors (Lipinski definition) is 1. The Bertz CT molecular complexity index is 1390. The standard InChI is InChI=1S/C25H22F3NO6S/c1-16-4-2-7-21(12-16)36(32,33)29-15-20(9-11-24(30)31)34-23-10-8-18(14-22(23)29)17-5-3-6-19(13-17)35-25(26,27)28/h2-8,10,12-14,20H,9,11,15H2,1H3,(H,30,31)/t20-/m0/s1. The number of aryl methyl sites for hydroxylation is 1. The number of halogens is 3. The van der Waals surface area contributed by atoms with E-state index in [9.17, 15) is 26.4 Å². The number of nitrogens with zero attached hydrogens (tertiary/aromatic N) is 1. The van der Waals surface area contributed by atoms with Gasteiger partial charge in [-0.2, -0.15) is 0 Å². The molecule has 36 heavy (non-hydrogen) atoms. The number of anilines is 1. The second-order valence-corrected chi connectivity index (χ2v) is 10.1. The predicted molar refractivity (Wildman–Crippen MR) is 126 cm³/mol. The highest BCUT2D eigenvalue weighted by molar-refractivity contribution is 7.92. The van der Waals surface area contributed by atoms with Crippen molar-refractivity contribution in [3.8, 4) is 22.6 Å². The molecule has 0 saturated heterocycles. The maximum atomic E-state index is 13.7. The monoisotopic (exact) mass is 521 g/mol. The minimum Gasteiger partial charge on any atom is -0.486 e. The second kappa shape index (κ2) is 9.73. The molecular formula is C25H22F3NO6S. The van der Waals surface area contributed by atoms with Gasteiger partial charge in [-0.1, -0.05) is 30.3 Å². The number of fused-ring (bicyclic) bond motifs is 1. The van der Waals surface area contributed by atoms with Crippen LogP contribution in [0.1, 0.15) is 18.4 Å². The maximum Gasteiger partial charge on any atom is 0.573 e. The van der Waals surface area contributed by atoms with Crippen molar-refractivity contribution >= 4 is 21.7 Å². The third kappa shape index (κ3) is 5.73. The molecule has 4 rings (SSSR count). The fourth-order valence-electron chi connectivity index (χ4n) is 3.93. The Labute approximate surface area is 205 Å². The highest BCUT2D eigenvalue weighted by Gasteiger charge is 2.35. The number of hydrogen-bond acceptors (Lipinski definition) is 5. The summed E-state index contributed by atoms with van der Waals surface area (Å²) in [6.45, 7) is 1.63. The molecule has 0 radical (unpaired) electrons. The van der Waals surface area contributed by atoms with Gasteiger partial charge >= 0.3 is 12.3 Å². The van der Waals surface area contributed by atoms with Gasteiger partial charge in [0.1, 0.15) is 17.6 Å². The van der Waals surface area contributed by atoms with E-state index in [0.29, 0.717) is 11.1 Å². The molecule has 11 heteroatoms. The summed E-state index contributed by atoms with van der Waals surface area (Å²) in [6, 6.07) is 16.3. The number of aliphatic carboxylic acids is 1. The molecule has 7 nitrogen and oxygen atoms in total. The van der Waals surface area contributed by atoms with E-state index in [-0.39, 0.29) is 35.7 Å². The second-order valence-electron chi connectivity index (χ2n) is 8.28. The van der Waals surface area contributed by atoms with Gasteiger partial charge in [0.15, 0.2) is 0 Å². The fourth-order valence-corrected chi connectivity index (χ4v) is 5.53. The van der Waals surface area contributed by atoms with E-state index < -0.39 is 34.2 Å². The van der Waals surface area contributed by atoms with E-state index in [2.05, 4.69) is 4.74 Å². The molecule has 190 valence electrons. The fraction of sp³-hybridized carbons (Fsp3) is 0.240. The molecule has 3 aromatic carbocycles. The lowest BCUT2D eigenvalue weighted by atomic mass is 10.0. The first-order valence-corrected chi connectivity index (χ1v) is 12.3. The van der Waals surface area contributed by atoms with E-state index in [4.69, 9.17) is 9.84 Å². The minimum absolute atomic E-state index is 0.0540. The molecule has 0 unspecified atom stereocenters. The van der Waals surface area contributed by atoms with E-state index in [1.807, 2.05) is 0 Å². The number of rotatable bonds is 7. The highest BCUT2D eigenvalue weighted by atomic mass is 32.2. The van der Waals surface area contributed by atoms with Gasteiger partial charge in [0.2, 0.25) is 0 Å². The number of benzene rings is 3. The van der Waals surface area contributed by atoms with Crippen molar-refractivity contribution in [1.82, 2.24) is 0 Å². The molecule has 3 aromatic rings. The topological polar surface area (TPSA) is 93.1 Å². The van der Waals surface area contributed by atoms with Crippen LogP contribution in [0, 0.1) is 6.92 Å². The van der Waals surface area contributed by atoms with Crippen molar-refractivity contribution in [2.24, 2.45) is 0 Å². The largest absolute Gasteiger partial charge is 0.573 e. The van der Waals surface area contributed by atoms with Crippen LogP contribution < -0.4 is 13.8 Å². The third-order valence-electron chi connectivity index (χ3n) is 5.55. The van der Waals surface area contributed by atoms with Crippen LogP contribution in [-0.2, 0) is 14.8 Å². The van der Waals surface area contributed by atoms with Crippen LogP contribution in [0.3, 0.4) is 0 Å². The Morgan fingerprint density at radius 3 is 2.50 bits per heavy atom. The van der Waals surface area contributed by atoms with Gasteiger partial charge in [-0.3, -0.25) is 9.10 Å². The minimum atomic E-state index is -4.86. The summed E-state index contributed by atoms with van der Waals surface area (Å²) in [5.74, 6) is -1.22. The Morgan fingerprint density at radius 1 is 1.08 bits per heavy atom. The molecule has 0 fully saturated rings. The van der Waals surface area contributed by atoms with Crippen LogP contribution >= 0.6 is 0 Å². The molecule has 1 aliphatic rings. The van der Waals surface area contributed by atoms with Gasteiger partial charge in [0, 0.05) is 6.42 Å². The SMILES string of the molecule is Cc1cccc(S(=O)(=O)N2C[C@H](CCC(=O)O)Oc3ccc(-c4cccc(OC(F)(F)F)c4)cc32)c1. The van der Waals surface area contributed by atoms with Crippen LogP contribution in [0.25, 0.3) is 11.1 Å². The summed E-state index contributed by atoms with van der Waals surface area (Å²) in [6.07, 6.45) is -5.68. The zero-order chi connectivity index (χ0) is 26.1. The molecule has 0 saturated carbocycles. The molecule has 1 atom stereocenters. The Morgan fingerprint density at radius 2 is 1.81 bits per heavy atom. The molecule has 0 bridgehead atoms. The predicted octanol–water partition coefficient (Wildman–Crippen LogP) is 5.38. The van der Waals surface area contributed by atoms with Gasteiger partial charge in [-0.15, -0.1) is 13.2 Å². The molecule has 1 heterocycles. The molecule has 0 aromatic heterocycles. The van der Waals surface area contributed by atoms with Gasteiger partial charge in [-0.05, 0) is 66.4 Å². The average Bonchev–Trinajstić information content (AvgIpc) is 2.81. The molecule has 1 N–H and O–H groups in total. The molecule has 0 amide bonds. The van der Waals surface area contributed by atoms with Gasteiger partial charge in [-0.25, -0.2) is 8.42 Å². The number of carboxylic acid groups (broad SMARTS) is 1. The number of carbonyl (C=O) groups is 1.